The van der Waals surface area contributed by atoms with Gasteiger partial charge >= 0.3 is 0 Å². The molecule has 6 nitrogen and oxygen atoms in total. The van der Waals surface area contributed by atoms with E-state index in [9.17, 15) is 4.79 Å². The highest BCUT2D eigenvalue weighted by molar-refractivity contribution is 7.99. The Hall–Kier alpha value is -2.77. The molecule has 1 saturated heterocycles. The molecule has 0 saturated carbocycles. The lowest BCUT2D eigenvalue weighted by Gasteiger charge is -2.28. The third-order valence-corrected chi connectivity index (χ3v) is 6.20. The molecule has 1 fully saturated rings. The minimum atomic E-state index is -0.0474. The van der Waals surface area contributed by atoms with E-state index in [2.05, 4.69) is 47.2 Å². The maximum Gasteiger partial charge on any atom is 0.234 e. The molecule has 0 unspecified atom stereocenters. The average Bonchev–Trinajstić information content (AvgIpc) is 3.24. The summed E-state index contributed by atoms with van der Waals surface area (Å²) in [4.78, 5) is 19.2. The SMILES string of the molecule is Cc1ccc(-n2ccnc2SCC(=O)Nc2ccc(N3CCOCC3)cc2)cc1C. The Balaban J connectivity index is 1.34. The van der Waals surface area contributed by atoms with Gasteiger partial charge in [-0.15, -0.1) is 0 Å². The summed E-state index contributed by atoms with van der Waals surface area (Å²) in [6.07, 6.45) is 3.69. The number of aromatic nitrogens is 2. The second kappa shape index (κ2) is 9.36. The number of hydrogen-bond acceptors (Lipinski definition) is 5. The summed E-state index contributed by atoms with van der Waals surface area (Å²) in [5.41, 5.74) is 5.50. The summed E-state index contributed by atoms with van der Waals surface area (Å²) in [7, 11) is 0. The Morgan fingerprint density at radius 1 is 1.07 bits per heavy atom. The van der Waals surface area contributed by atoms with E-state index in [1.54, 1.807) is 6.20 Å². The van der Waals surface area contributed by atoms with E-state index in [1.807, 2.05) is 35.0 Å². The highest BCUT2D eigenvalue weighted by Gasteiger charge is 2.12. The lowest BCUT2D eigenvalue weighted by atomic mass is 10.1. The van der Waals surface area contributed by atoms with Crippen molar-refractivity contribution in [3.63, 3.8) is 0 Å². The first-order valence-corrected chi connectivity index (χ1v) is 11.0. The Morgan fingerprint density at radius 3 is 2.53 bits per heavy atom. The van der Waals surface area contributed by atoms with Gasteiger partial charge in [-0.1, -0.05) is 17.8 Å². The fourth-order valence-corrected chi connectivity index (χ4v) is 4.15. The molecule has 0 aliphatic carbocycles. The molecule has 3 aromatic rings. The number of rotatable bonds is 6. The summed E-state index contributed by atoms with van der Waals surface area (Å²) in [5.74, 6) is 0.251. The number of morpholine rings is 1. The van der Waals surface area contributed by atoms with Crippen LogP contribution in [0.3, 0.4) is 0 Å². The van der Waals surface area contributed by atoms with Gasteiger partial charge in [0.2, 0.25) is 5.91 Å². The fraction of sp³-hybridized carbons (Fsp3) is 0.304. The largest absolute Gasteiger partial charge is 0.378 e. The predicted octanol–water partition coefficient (Wildman–Crippen LogP) is 4.06. The van der Waals surface area contributed by atoms with Crippen molar-refractivity contribution in [2.24, 2.45) is 0 Å². The third-order valence-electron chi connectivity index (χ3n) is 5.24. The van der Waals surface area contributed by atoms with Crippen LogP contribution in [0.4, 0.5) is 11.4 Å². The van der Waals surface area contributed by atoms with Crippen LogP contribution >= 0.6 is 11.8 Å². The molecule has 0 bridgehead atoms. The van der Waals surface area contributed by atoms with E-state index in [-0.39, 0.29) is 5.91 Å². The molecule has 1 amide bonds. The Morgan fingerprint density at radius 2 is 1.80 bits per heavy atom. The van der Waals surface area contributed by atoms with Crippen molar-refractivity contribution < 1.29 is 9.53 Å². The van der Waals surface area contributed by atoms with Crippen LogP contribution in [0.15, 0.2) is 60.0 Å². The van der Waals surface area contributed by atoms with E-state index >= 15 is 0 Å². The van der Waals surface area contributed by atoms with E-state index in [1.165, 1.54) is 22.9 Å². The molecule has 30 heavy (non-hydrogen) atoms. The van der Waals surface area contributed by atoms with Crippen LogP contribution in [-0.4, -0.2) is 47.5 Å². The van der Waals surface area contributed by atoms with Crippen LogP contribution in [0.1, 0.15) is 11.1 Å². The van der Waals surface area contributed by atoms with Gasteiger partial charge < -0.3 is 15.0 Å². The zero-order valence-corrected chi connectivity index (χ0v) is 18.1. The van der Waals surface area contributed by atoms with Crippen molar-refractivity contribution in [3.8, 4) is 5.69 Å². The first-order valence-electron chi connectivity index (χ1n) is 10.1. The molecule has 0 spiro atoms. The molecule has 7 heteroatoms. The second-order valence-electron chi connectivity index (χ2n) is 7.33. The van der Waals surface area contributed by atoms with Gasteiger partial charge in [-0.25, -0.2) is 4.98 Å². The number of nitrogens with zero attached hydrogens (tertiary/aromatic N) is 3. The van der Waals surface area contributed by atoms with E-state index in [4.69, 9.17) is 4.74 Å². The molecule has 2 heterocycles. The lowest BCUT2D eigenvalue weighted by Crippen LogP contribution is -2.36. The normalized spacial score (nSPS) is 14.0. The molecule has 1 aliphatic heterocycles. The topological polar surface area (TPSA) is 59.4 Å². The number of ether oxygens (including phenoxy) is 1. The van der Waals surface area contributed by atoms with Gasteiger partial charge in [0.15, 0.2) is 5.16 Å². The number of amides is 1. The highest BCUT2D eigenvalue weighted by Crippen LogP contribution is 2.23. The number of carbonyl (C=O) groups excluding carboxylic acids is 1. The zero-order chi connectivity index (χ0) is 20.9. The van der Waals surface area contributed by atoms with E-state index in [0.29, 0.717) is 5.75 Å². The minimum Gasteiger partial charge on any atom is -0.378 e. The minimum absolute atomic E-state index is 0.0474. The summed E-state index contributed by atoms with van der Waals surface area (Å²) in [6, 6.07) is 14.3. The highest BCUT2D eigenvalue weighted by atomic mass is 32.2. The van der Waals surface area contributed by atoms with Gasteiger partial charge in [-0.3, -0.25) is 9.36 Å². The molecule has 1 N–H and O–H groups in total. The van der Waals surface area contributed by atoms with Crippen LogP contribution in [0.25, 0.3) is 5.69 Å². The van der Waals surface area contributed by atoms with Crippen LogP contribution in [0, 0.1) is 13.8 Å². The molecule has 2 aromatic carbocycles. The number of benzene rings is 2. The maximum atomic E-state index is 12.4. The van der Waals surface area contributed by atoms with Gasteiger partial charge in [0.05, 0.1) is 19.0 Å². The van der Waals surface area contributed by atoms with Crippen LogP contribution in [0.2, 0.25) is 0 Å². The molecule has 4 rings (SSSR count). The smallest absolute Gasteiger partial charge is 0.234 e. The number of imidazole rings is 1. The maximum absolute atomic E-state index is 12.4. The van der Waals surface area contributed by atoms with Gasteiger partial charge in [0.1, 0.15) is 0 Å². The zero-order valence-electron chi connectivity index (χ0n) is 17.3. The lowest BCUT2D eigenvalue weighted by molar-refractivity contribution is -0.113. The summed E-state index contributed by atoms with van der Waals surface area (Å²) < 4.78 is 7.41. The van der Waals surface area contributed by atoms with Gasteiger partial charge in [0.25, 0.3) is 0 Å². The third kappa shape index (κ3) is 4.86. The first kappa shape index (κ1) is 20.5. The van der Waals surface area contributed by atoms with Crippen LogP contribution < -0.4 is 10.2 Å². The van der Waals surface area contributed by atoms with Crippen molar-refractivity contribution in [1.29, 1.82) is 0 Å². The molecular formula is C23H26N4O2S. The van der Waals surface area contributed by atoms with Gasteiger partial charge in [0, 0.05) is 42.5 Å². The number of carbonyl (C=O) groups is 1. The molecule has 156 valence electrons. The van der Waals surface area contributed by atoms with Crippen molar-refractivity contribution in [2.75, 3.05) is 42.3 Å². The van der Waals surface area contributed by atoms with Gasteiger partial charge in [-0.05, 0) is 61.4 Å². The van der Waals surface area contributed by atoms with Crippen molar-refractivity contribution in [2.45, 2.75) is 19.0 Å². The fourth-order valence-electron chi connectivity index (χ4n) is 3.37. The molecule has 1 aliphatic rings. The Bertz CT molecular complexity index is 1010. The van der Waals surface area contributed by atoms with Crippen LogP contribution in [0.5, 0.6) is 0 Å². The predicted molar refractivity (Wildman–Crippen MR) is 122 cm³/mol. The van der Waals surface area contributed by atoms with Gasteiger partial charge in [-0.2, -0.15) is 0 Å². The average molecular weight is 423 g/mol. The van der Waals surface area contributed by atoms with Crippen molar-refractivity contribution in [1.82, 2.24) is 9.55 Å². The molecule has 1 aromatic heterocycles. The first-order chi connectivity index (χ1) is 14.6. The second-order valence-corrected chi connectivity index (χ2v) is 8.27. The standard InChI is InChI=1S/C23H26N4O2S/c1-17-3-6-21(15-18(17)2)27-10-9-24-23(27)30-16-22(28)25-19-4-7-20(8-5-19)26-11-13-29-14-12-26/h3-10,15H,11-14,16H2,1-2H3,(H,25,28). The Kier molecular flexibility index (Phi) is 6.40. The van der Waals surface area contributed by atoms with Crippen LogP contribution in [-0.2, 0) is 9.53 Å². The number of nitrogens with one attached hydrogen (secondary N) is 1. The van der Waals surface area contributed by atoms with Crippen molar-refractivity contribution >= 4 is 29.0 Å². The molecule has 0 radical (unpaired) electrons. The Labute approximate surface area is 181 Å². The molecule has 0 atom stereocenters. The number of thioether (sulfide) groups is 1. The number of hydrogen-bond donors (Lipinski definition) is 1. The number of aryl methyl sites for hydroxylation is 2. The monoisotopic (exact) mass is 422 g/mol. The van der Waals surface area contributed by atoms with E-state index in [0.717, 1.165) is 48.5 Å². The quantitative estimate of drug-likeness (QED) is 0.607. The summed E-state index contributed by atoms with van der Waals surface area (Å²) in [5, 5.41) is 3.77. The number of anilines is 2. The summed E-state index contributed by atoms with van der Waals surface area (Å²) >= 11 is 1.43. The molecular weight excluding hydrogens is 396 g/mol. The van der Waals surface area contributed by atoms with Crippen molar-refractivity contribution in [3.05, 3.63) is 66.0 Å². The summed E-state index contributed by atoms with van der Waals surface area (Å²) in [6.45, 7) is 7.51. The van der Waals surface area contributed by atoms with E-state index < -0.39 is 0 Å².